The summed E-state index contributed by atoms with van der Waals surface area (Å²) in [6, 6.07) is 5.78. The van der Waals surface area contributed by atoms with Crippen molar-refractivity contribution in [1.82, 2.24) is 0 Å². The molecule has 0 heterocycles. The van der Waals surface area contributed by atoms with Gasteiger partial charge in [-0.2, -0.15) is 0 Å². The van der Waals surface area contributed by atoms with Crippen molar-refractivity contribution in [2.24, 2.45) is 0 Å². The highest BCUT2D eigenvalue weighted by Gasteiger charge is 2.37. The van der Waals surface area contributed by atoms with E-state index in [1.54, 1.807) is 27.7 Å². The van der Waals surface area contributed by atoms with E-state index in [9.17, 15) is 15.2 Å². The van der Waals surface area contributed by atoms with Gasteiger partial charge in [0.2, 0.25) is 0 Å². The summed E-state index contributed by atoms with van der Waals surface area (Å²) < 4.78 is 5.63. The molecule has 0 saturated heterocycles. The van der Waals surface area contributed by atoms with Crippen LogP contribution in [0.15, 0.2) is 24.3 Å². The molecule has 1 rings (SSSR count). The number of benzene rings is 1. The van der Waals surface area contributed by atoms with E-state index in [2.05, 4.69) is 0 Å². The number of nitrogens with zero attached hydrogens (tertiary/aromatic N) is 1. The molecule has 1 aromatic rings. The molecule has 0 radical (unpaired) electrons. The summed E-state index contributed by atoms with van der Waals surface area (Å²) in [5.41, 5.74) is -1.80. The van der Waals surface area contributed by atoms with Gasteiger partial charge >= 0.3 is 7.32 Å². The lowest BCUT2D eigenvalue weighted by atomic mass is 9.89. The van der Waals surface area contributed by atoms with Gasteiger partial charge in [0.1, 0.15) is 11.4 Å². The summed E-state index contributed by atoms with van der Waals surface area (Å²) in [4.78, 5) is 10.0. The first-order chi connectivity index (χ1) is 9.36. The quantitative estimate of drug-likeness (QED) is 0.361. The van der Waals surface area contributed by atoms with Crippen molar-refractivity contribution < 1.29 is 29.8 Å². The standard InChI is InChI=1S/C12H17NO4.BH3O3/c1-11(2,14)12(3,4)17-10-7-5-9(6-8-10)13(15)16;2-1(3)4/h5-8,14H,1-4H3;2-4H. The van der Waals surface area contributed by atoms with Crippen LogP contribution in [0.3, 0.4) is 0 Å². The molecule has 8 nitrogen and oxygen atoms in total. The zero-order valence-electron chi connectivity index (χ0n) is 12.3. The molecule has 0 unspecified atom stereocenters. The van der Waals surface area contributed by atoms with E-state index in [1.165, 1.54) is 24.3 Å². The van der Waals surface area contributed by atoms with Gasteiger partial charge in [0.15, 0.2) is 0 Å². The molecular weight excluding hydrogens is 281 g/mol. The molecule has 4 N–H and O–H groups in total. The maximum Gasteiger partial charge on any atom is 0.631 e. The van der Waals surface area contributed by atoms with Crippen LogP contribution in [0.25, 0.3) is 0 Å². The smallest absolute Gasteiger partial charge is 0.485 e. The molecule has 0 saturated carbocycles. The average Bonchev–Trinajstić information content (AvgIpc) is 2.26. The van der Waals surface area contributed by atoms with Crippen molar-refractivity contribution >= 4 is 13.0 Å². The normalized spacial score (nSPS) is 11.2. The van der Waals surface area contributed by atoms with E-state index in [0.717, 1.165) is 0 Å². The van der Waals surface area contributed by atoms with Crippen LogP contribution in [0.5, 0.6) is 5.75 Å². The van der Waals surface area contributed by atoms with Gasteiger partial charge in [0, 0.05) is 12.1 Å². The molecule has 0 aliphatic heterocycles. The van der Waals surface area contributed by atoms with Crippen molar-refractivity contribution in [3.63, 3.8) is 0 Å². The average molecular weight is 301 g/mol. The molecule has 0 aliphatic rings. The van der Waals surface area contributed by atoms with Crippen LogP contribution >= 0.6 is 0 Å². The Morgan fingerprint density at radius 2 is 1.48 bits per heavy atom. The number of ether oxygens (including phenoxy) is 1. The zero-order chi connectivity index (χ0) is 16.8. The molecule has 0 spiro atoms. The SMILES string of the molecule is CC(C)(O)C(C)(C)Oc1ccc([N+](=O)[O-])cc1.OB(O)O. The van der Waals surface area contributed by atoms with Gasteiger partial charge in [-0.15, -0.1) is 0 Å². The maximum absolute atomic E-state index is 10.5. The van der Waals surface area contributed by atoms with Crippen LogP contribution < -0.4 is 4.74 Å². The van der Waals surface area contributed by atoms with Crippen LogP contribution in [0.2, 0.25) is 0 Å². The van der Waals surface area contributed by atoms with Gasteiger partial charge in [0.05, 0.1) is 10.5 Å². The molecular formula is C12H20BNO7. The lowest BCUT2D eigenvalue weighted by Gasteiger charge is -2.37. The van der Waals surface area contributed by atoms with E-state index < -0.39 is 23.4 Å². The first-order valence-corrected chi connectivity index (χ1v) is 6.07. The fourth-order valence-electron chi connectivity index (χ4n) is 1.06. The third kappa shape index (κ3) is 7.05. The molecule has 1 aromatic carbocycles. The summed E-state index contributed by atoms with van der Waals surface area (Å²) in [6.45, 7) is 6.82. The molecule has 0 bridgehead atoms. The first-order valence-electron chi connectivity index (χ1n) is 6.07. The Morgan fingerprint density at radius 1 is 1.10 bits per heavy atom. The molecule has 0 aromatic heterocycles. The highest BCUT2D eigenvalue weighted by Crippen LogP contribution is 2.28. The summed E-state index contributed by atoms with van der Waals surface area (Å²) >= 11 is 0. The van der Waals surface area contributed by atoms with Crippen molar-refractivity contribution in [1.29, 1.82) is 0 Å². The molecule has 0 aliphatic carbocycles. The molecule has 21 heavy (non-hydrogen) atoms. The first kappa shape index (κ1) is 19.3. The molecule has 0 atom stereocenters. The molecule has 9 heteroatoms. The van der Waals surface area contributed by atoms with E-state index in [0.29, 0.717) is 5.75 Å². The number of hydrogen-bond donors (Lipinski definition) is 4. The van der Waals surface area contributed by atoms with E-state index in [-0.39, 0.29) is 5.69 Å². The zero-order valence-corrected chi connectivity index (χ0v) is 12.3. The van der Waals surface area contributed by atoms with E-state index in [1.807, 2.05) is 0 Å². The van der Waals surface area contributed by atoms with Crippen LogP contribution in [0, 0.1) is 10.1 Å². The second-order valence-corrected chi connectivity index (χ2v) is 5.27. The van der Waals surface area contributed by atoms with Gasteiger partial charge in [-0.25, -0.2) is 0 Å². The summed E-state index contributed by atoms with van der Waals surface area (Å²) in [7, 11) is -2.17. The lowest BCUT2D eigenvalue weighted by Crippen LogP contribution is -2.49. The molecule has 118 valence electrons. The second-order valence-electron chi connectivity index (χ2n) is 5.27. The minimum Gasteiger partial charge on any atom is -0.485 e. The summed E-state index contributed by atoms with van der Waals surface area (Å²) in [5.74, 6) is 0.489. The number of rotatable bonds is 4. The van der Waals surface area contributed by atoms with Crippen molar-refractivity contribution in [2.75, 3.05) is 0 Å². The Balaban J connectivity index is 0.000000885. The minimum atomic E-state index is -2.17. The van der Waals surface area contributed by atoms with Gasteiger partial charge in [0.25, 0.3) is 5.69 Å². The third-order valence-corrected chi connectivity index (χ3v) is 2.89. The Labute approximate surface area is 122 Å². The Kier molecular flexibility index (Phi) is 6.78. The minimum absolute atomic E-state index is 0.0124. The second kappa shape index (κ2) is 7.37. The van der Waals surface area contributed by atoms with Crippen LogP contribution in [0.1, 0.15) is 27.7 Å². The highest BCUT2D eigenvalue weighted by molar-refractivity contribution is 6.30. The monoisotopic (exact) mass is 301 g/mol. The van der Waals surface area contributed by atoms with Crippen molar-refractivity contribution in [3.05, 3.63) is 34.4 Å². The van der Waals surface area contributed by atoms with E-state index in [4.69, 9.17) is 19.8 Å². The van der Waals surface area contributed by atoms with Gasteiger partial charge < -0.3 is 24.9 Å². The molecule has 0 fully saturated rings. The predicted octanol–water partition coefficient (Wildman–Crippen LogP) is 0.471. The van der Waals surface area contributed by atoms with Crippen LogP contribution in [0.4, 0.5) is 5.69 Å². The van der Waals surface area contributed by atoms with E-state index >= 15 is 0 Å². The number of aliphatic hydroxyl groups is 1. The fourth-order valence-corrected chi connectivity index (χ4v) is 1.06. The lowest BCUT2D eigenvalue weighted by molar-refractivity contribution is -0.384. The Hall–Kier alpha value is -1.68. The van der Waals surface area contributed by atoms with Gasteiger partial charge in [-0.05, 0) is 39.8 Å². The maximum atomic E-state index is 10.5. The predicted molar refractivity (Wildman–Crippen MR) is 76.5 cm³/mol. The Bertz CT molecular complexity index is 451. The van der Waals surface area contributed by atoms with Gasteiger partial charge in [-0.1, -0.05) is 0 Å². The van der Waals surface area contributed by atoms with Gasteiger partial charge in [-0.3, -0.25) is 10.1 Å². The van der Waals surface area contributed by atoms with Crippen LogP contribution in [-0.2, 0) is 0 Å². The number of nitro benzene ring substituents is 1. The van der Waals surface area contributed by atoms with Crippen LogP contribution in [-0.4, -0.2) is 43.6 Å². The van der Waals surface area contributed by atoms with Crippen molar-refractivity contribution in [3.8, 4) is 5.75 Å². The number of non-ortho nitro benzene ring substituents is 1. The van der Waals surface area contributed by atoms with Crippen molar-refractivity contribution in [2.45, 2.75) is 38.9 Å². The number of nitro groups is 1. The largest absolute Gasteiger partial charge is 0.631 e. The molecule has 0 amide bonds. The fraction of sp³-hybridized carbons (Fsp3) is 0.500. The summed E-state index contributed by atoms with van der Waals surface area (Å²) in [6.07, 6.45) is 0. The Morgan fingerprint density at radius 3 is 1.76 bits per heavy atom. The third-order valence-electron chi connectivity index (χ3n) is 2.89. The summed E-state index contributed by atoms with van der Waals surface area (Å²) in [5, 5.41) is 41.9. The topological polar surface area (TPSA) is 133 Å². The number of hydrogen-bond acceptors (Lipinski definition) is 7. The highest BCUT2D eigenvalue weighted by atomic mass is 16.6.